The van der Waals surface area contributed by atoms with E-state index in [1.807, 2.05) is 29.0 Å². The van der Waals surface area contributed by atoms with Crippen LogP contribution in [-0.2, 0) is 22.9 Å². The Kier molecular flexibility index (Phi) is 4.38. The summed E-state index contributed by atoms with van der Waals surface area (Å²) in [5.74, 6) is 0.0941. The van der Waals surface area contributed by atoms with Crippen molar-refractivity contribution in [3.8, 4) is 0 Å². The Morgan fingerprint density at radius 2 is 1.95 bits per heavy atom. The van der Waals surface area contributed by atoms with E-state index in [-0.39, 0.29) is 5.75 Å². The Morgan fingerprint density at radius 3 is 2.52 bits per heavy atom. The van der Waals surface area contributed by atoms with Crippen LogP contribution in [0.5, 0.6) is 0 Å². The van der Waals surface area contributed by atoms with E-state index in [0.29, 0.717) is 18.1 Å². The van der Waals surface area contributed by atoms with Gasteiger partial charge in [0.2, 0.25) is 0 Å². The molecule has 1 aromatic heterocycles. The predicted octanol–water partition coefficient (Wildman–Crippen LogP) is 2.97. The maximum Gasteiger partial charge on any atom is 0.156 e. The van der Waals surface area contributed by atoms with Crippen LogP contribution in [-0.4, -0.2) is 23.5 Å². The molecule has 2 N–H and O–H groups in total. The number of hydrogen-bond acceptors (Lipinski definition) is 3. The minimum atomic E-state index is -3.16. The van der Waals surface area contributed by atoms with Crippen molar-refractivity contribution < 1.29 is 8.42 Å². The maximum absolute atomic E-state index is 12.2. The standard InChI is InChI=1S/C15H21ClN2O2S/c1-15(2,3)21(19,20)7-6-18-10-11(9-17)13-5-4-12(16)8-14(13)18/h4-5,8,10H,6-7,9,17H2,1-3H3. The van der Waals surface area contributed by atoms with Gasteiger partial charge >= 0.3 is 0 Å². The summed E-state index contributed by atoms with van der Waals surface area (Å²) in [7, 11) is -3.16. The highest BCUT2D eigenvalue weighted by Crippen LogP contribution is 2.25. The Bertz CT molecular complexity index is 758. The molecule has 1 heterocycles. The van der Waals surface area contributed by atoms with Gasteiger partial charge in [-0.25, -0.2) is 8.42 Å². The van der Waals surface area contributed by atoms with Crippen LogP contribution in [0.1, 0.15) is 26.3 Å². The number of benzene rings is 1. The third-order valence-corrected chi connectivity index (χ3v) is 6.50. The fourth-order valence-corrected chi connectivity index (χ4v) is 3.43. The van der Waals surface area contributed by atoms with Gasteiger partial charge in [-0.2, -0.15) is 0 Å². The summed E-state index contributed by atoms with van der Waals surface area (Å²) < 4.78 is 25.7. The normalized spacial score (nSPS) is 13.0. The van der Waals surface area contributed by atoms with Gasteiger partial charge in [-0.15, -0.1) is 0 Å². The summed E-state index contributed by atoms with van der Waals surface area (Å²) in [6, 6.07) is 5.59. The van der Waals surface area contributed by atoms with E-state index in [9.17, 15) is 8.42 Å². The SMILES string of the molecule is CC(C)(C)S(=O)(=O)CCn1cc(CN)c2ccc(Cl)cc21. The predicted molar refractivity (Wildman–Crippen MR) is 88.4 cm³/mol. The van der Waals surface area contributed by atoms with Crippen molar-refractivity contribution in [1.82, 2.24) is 4.57 Å². The summed E-state index contributed by atoms with van der Waals surface area (Å²) in [4.78, 5) is 0. The molecule has 0 aliphatic rings. The molecule has 2 aromatic rings. The molecule has 116 valence electrons. The molecule has 0 aliphatic heterocycles. The van der Waals surface area contributed by atoms with E-state index in [1.54, 1.807) is 20.8 Å². The monoisotopic (exact) mass is 328 g/mol. The summed E-state index contributed by atoms with van der Waals surface area (Å²) >= 11 is 6.04. The van der Waals surface area contributed by atoms with E-state index in [0.717, 1.165) is 16.5 Å². The quantitative estimate of drug-likeness (QED) is 0.938. The van der Waals surface area contributed by atoms with Crippen LogP contribution in [0.15, 0.2) is 24.4 Å². The molecule has 0 unspecified atom stereocenters. The number of sulfone groups is 1. The lowest BCUT2D eigenvalue weighted by molar-refractivity contribution is 0.554. The lowest BCUT2D eigenvalue weighted by Crippen LogP contribution is -2.31. The van der Waals surface area contributed by atoms with Gasteiger partial charge in [-0.1, -0.05) is 17.7 Å². The van der Waals surface area contributed by atoms with Crippen molar-refractivity contribution in [3.63, 3.8) is 0 Å². The van der Waals surface area contributed by atoms with Crippen molar-refractivity contribution in [3.05, 3.63) is 35.0 Å². The second-order valence-electron chi connectivity index (χ2n) is 6.14. The summed E-state index contributed by atoms with van der Waals surface area (Å²) in [6.07, 6.45) is 1.92. The van der Waals surface area contributed by atoms with Crippen molar-refractivity contribution in [2.75, 3.05) is 5.75 Å². The van der Waals surface area contributed by atoms with Gasteiger partial charge in [-0.05, 0) is 38.5 Å². The van der Waals surface area contributed by atoms with Gasteiger partial charge in [0.1, 0.15) is 0 Å². The van der Waals surface area contributed by atoms with E-state index in [1.165, 1.54) is 0 Å². The Labute approximate surface area is 130 Å². The first-order chi connectivity index (χ1) is 9.65. The van der Waals surface area contributed by atoms with Crippen LogP contribution in [0.4, 0.5) is 0 Å². The average Bonchev–Trinajstić information content (AvgIpc) is 2.72. The van der Waals surface area contributed by atoms with Gasteiger partial charge in [0.25, 0.3) is 0 Å². The average molecular weight is 329 g/mol. The zero-order valence-corrected chi connectivity index (χ0v) is 14.1. The molecular weight excluding hydrogens is 308 g/mol. The number of rotatable bonds is 4. The smallest absolute Gasteiger partial charge is 0.156 e. The fourth-order valence-electron chi connectivity index (χ4n) is 2.21. The fraction of sp³-hybridized carbons (Fsp3) is 0.467. The van der Waals surface area contributed by atoms with Crippen molar-refractivity contribution in [2.24, 2.45) is 5.73 Å². The molecule has 4 nitrogen and oxygen atoms in total. The van der Waals surface area contributed by atoms with Gasteiger partial charge in [0, 0.05) is 35.2 Å². The van der Waals surface area contributed by atoms with Crippen LogP contribution in [0.25, 0.3) is 10.9 Å². The third-order valence-electron chi connectivity index (χ3n) is 3.68. The van der Waals surface area contributed by atoms with E-state index < -0.39 is 14.6 Å². The first kappa shape index (κ1) is 16.3. The molecule has 0 spiro atoms. The second kappa shape index (κ2) is 5.63. The largest absolute Gasteiger partial charge is 0.346 e. The molecule has 0 saturated carbocycles. The number of halogens is 1. The van der Waals surface area contributed by atoms with Gasteiger partial charge in [0.05, 0.1) is 10.5 Å². The lowest BCUT2D eigenvalue weighted by Gasteiger charge is -2.19. The van der Waals surface area contributed by atoms with Crippen molar-refractivity contribution in [1.29, 1.82) is 0 Å². The molecule has 1 aromatic carbocycles. The highest BCUT2D eigenvalue weighted by Gasteiger charge is 2.28. The highest BCUT2D eigenvalue weighted by atomic mass is 35.5. The lowest BCUT2D eigenvalue weighted by atomic mass is 10.2. The zero-order chi connectivity index (χ0) is 15.8. The van der Waals surface area contributed by atoms with E-state index in [4.69, 9.17) is 17.3 Å². The van der Waals surface area contributed by atoms with Crippen LogP contribution in [0.3, 0.4) is 0 Å². The molecule has 0 atom stereocenters. The first-order valence-corrected chi connectivity index (χ1v) is 8.88. The van der Waals surface area contributed by atoms with Crippen LogP contribution >= 0.6 is 11.6 Å². The Morgan fingerprint density at radius 1 is 1.29 bits per heavy atom. The van der Waals surface area contributed by atoms with Gasteiger partial charge in [-0.3, -0.25) is 0 Å². The second-order valence-corrected chi connectivity index (χ2v) is 9.44. The van der Waals surface area contributed by atoms with Crippen LogP contribution in [0.2, 0.25) is 5.02 Å². The number of nitrogens with zero attached hydrogens (tertiary/aromatic N) is 1. The molecule has 0 bridgehead atoms. The number of fused-ring (bicyclic) bond motifs is 1. The zero-order valence-electron chi connectivity index (χ0n) is 12.6. The van der Waals surface area contributed by atoms with Gasteiger partial charge < -0.3 is 10.3 Å². The Balaban J connectivity index is 2.37. The van der Waals surface area contributed by atoms with Crippen LogP contribution in [0, 0.1) is 0 Å². The van der Waals surface area contributed by atoms with E-state index >= 15 is 0 Å². The topological polar surface area (TPSA) is 65.1 Å². The highest BCUT2D eigenvalue weighted by molar-refractivity contribution is 7.92. The van der Waals surface area contributed by atoms with Crippen molar-refractivity contribution >= 4 is 32.3 Å². The number of hydrogen-bond donors (Lipinski definition) is 1. The molecule has 6 heteroatoms. The summed E-state index contributed by atoms with van der Waals surface area (Å²) in [5, 5.41) is 1.65. The first-order valence-electron chi connectivity index (χ1n) is 6.85. The molecule has 0 saturated heterocycles. The molecule has 0 aliphatic carbocycles. The number of nitrogens with two attached hydrogens (primary N) is 1. The minimum absolute atomic E-state index is 0.0941. The molecule has 0 amide bonds. The minimum Gasteiger partial charge on any atom is -0.346 e. The van der Waals surface area contributed by atoms with Crippen molar-refractivity contribution in [2.45, 2.75) is 38.6 Å². The molecular formula is C15H21ClN2O2S. The molecule has 2 rings (SSSR count). The molecule has 0 fully saturated rings. The van der Waals surface area contributed by atoms with E-state index in [2.05, 4.69) is 0 Å². The third kappa shape index (κ3) is 3.25. The summed E-state index contributed by atoms with van der Waals surface area (Å²) in [5.41, 5.74) is 7.67. The Hall–Kier alpha value is -1.04. The molecule has 21 heavy (non-hydrogen) atoms. The summed E-state index contributed by atoms with van der Waals surface area (Å²) in [6.45, 7) is 5.97. The molecule has 0 radical (unpaired) electrons. The maximum atomic E-state index is 12.2. The van der Waals surface area contributed by atoms with Crippen LogP contribution < -0.4 is 5.73 Å². The number of aryl methyl sites for hydroxylation is 1. The number of aromatic nitrogens is 1. The van der Waals surface area contributed by atoms with Gasteiger partial charge in [0.15, 0.2) is 9.84 Å².